The fourth-order valence-corrected chi connectivity index (χ4v) is 2.36. The Bertz CT molecular complexity index is 601. The van der Waals surface area contributed by atoms with Gasteiger partial charge in [0.1, 0.15) is 11.6 Å². The minimum absolute atomic E-state index is 0.172. The van der Waals surface area contributed by atoms with Crippen LogP contribution in [0.25, 0.3) is 0 Å². The van der Waals surface area contributed by atoms with Crippen LogP contribution >= 0.6 is 11.8 Å². The van der Waals surface area contributed by atoms with E-state index in [9.17, 15) is 14.5 Å². The van der Waals surface area contributed by atoms with Gasteiger partial charge < -0.3 is 5.11 Å². The van der Waals surface area contributed by atoms with Gasteiger partial charge >= 0.3 is 0 Å². The van der Waals surface area contributed by atoms with Crippen LogP contribution < -0.4 is 0 Å². The maximum atomic E-state index is 13.2. The van der Waals surface area contributed by atoms with E-state index in [0.29, 0.717) is 11.3 Å². The second-order valence-corrected chi connectivity index (χ2v) is 4.91. The number of hydrogen-bond donors (Lipinski definition) is 1. The third-order valence-corrected chi connectivity index (χ3v) is 3.48. The highest BCUT2D eigenvalue weighted by molar-refractivity contribution is 7.98. The first-order valence-corrected chi connectivity index (χ1v) is 6.39. The van der Waals surface area contributed by atoms with Crippen LogP contribution in [0.3, 0.4) is 0 Å². The molecule has 0 bridgehead atoms. The molecule has 1 N–H and O–H groups in total. The number of benzene rings is 2. The monoisotopic (exact) mass is 279 g/mol. The average molecular weight is 279 g/mol. The molecule has 98 valence electrons. The molecule has 0 aromatic heterocycles. The first-order chi connectivity index (χ1) is 9.04. The number of phenolic OH excluding ortho intramolecular Hbond substituents is 1. The van der Waals surface area contributed by atoms with E-state index in [1.807, 2.05) is 0 Å². The summed E-state index contributed by atoms with van der Waals surface area (Å²) in [5.74, 6) is -0.0233. The molecule has 0 amide bonds. The SMILES string of the molecule is O=[N+]([O-])c1cc(F)cc(CSc2ccc(O)cc2)c1. The number of halogens is 1. The summed E-state index contributed by atoms with van der Waals surface area (Å²) in [4.78, 5) is 10.9. The molecule has 6 heteroatoms. The van der Waals surface area contributed by atoms with Crippen molar-refractivity contribution in [3.63, 3.8) is 0 Å². The molecular formula is C13H10FNO3S. The van der Waals surface area contributed by atoms with Crippen LogP contribution in [0.4, 0.5) is 10.1 Å². The van der Waals surface area contributed by atoms with Gasteiger partial charge in [0.25, 0.3) is 5.69 Å². The molecule has 2 aromatic rings. The number of rotatable bonds is 4. The van der Waals surface area contributed by atoms with Gasteiger partial charge in [0.2, 0.25) is 0 Å². The zero-order valence-corrected chi connectivity index (χ0v) is 10.6. The molecule has 2 aromatic carbocycles. The Hall–Kier alpha value is -2.08. The number of nitrogens with zero attached hydrogens (tertiary/aromatic N) is 1. The predicted molar refractivity (Wildman–Crippen MR) is 70.7 cm³/mol. The van der Waals surface area contributed by atoms with E-state index in [-0.39, 0.29) is 11.4 Å². The first-order valence-electron chi connectivity index (χ1n) is 5.40. The lowest BCUT2D eigenvalue weighted by molar-refractivity contribution is -0.385. The molecule has 0 spiro atoms. The second-order valence-electron chi connectivity index (χ2n) is 3.86. The van der Waals surface area contributed by atoms with Crippen LogP contribution in [-0.2, 0) is 5.75 Å². The summed E-state index contributed by atoms with van der Waals surface area (Å²) >= 11 is 1.41. The molecule has 0 saturated carbocycles. The summed E-state index contributed by atoms with van der Waals surface area (Å²) in [6, 6.07) is 10.1. The Labute approximate surface area is 113 Å². The normalized spacial score (nSPS) is 10.4. The van der Waals surface area contributed by atoms with E-state index in [1.165, 1.54) is 23.9 Å². The average Bonchev–Trinajstić information content (AvgIpc) is 2.37. The molecule has 0 unspecified atom stereocenters. The number of aromatic hydroxyl groups is 1. The van der Waals surface area contributed by atoms with E-state index >= 15 is 0 Å². The third-order valence-electron chi connectivity index (χ3n) is 2.40. The van der Waals surface area contributed by atoms with Crippen molar-refractivity contribution in [3.8, 4) is 5.75 Å². The molecule has 0 fully saturated rings. The number of non-ortho nitro benzene ring substituents is 1. The zero-order chi connectivity index (χ0) is 13.8. The summed E-state index contributed by atoms with van der Waals surface area (Å²) in [6.07, 6.45) is 0. The van der Waals surface area contributed by atoms with Gasteiger partial charge in [0.05, 0.1) is 11.0 Å². The minimum atomic E-state index is -0.615. The quantitative estimate of drug-likeness (QED) is 0.526. The van der Waals surface area contributed by atoms with Gasteiger partial charge in [-0.2, -0.15) is 0 Å². The van der Waals surface area contributed by atoms with Gasteiger partial charge in [-0.1, -0.05) is 0 Å². The number of hydrogen-bond acceptors (Lipinski definition) is 4. The van der Waals surface area contributed by atoms with Crippen molar-refractivity contribution < 1.29 is 14.4 Å². The molecule has 0 aliphatic heterocycles. The standard InChI is InChI=1S/C13H10FNO3S/c14-10-5-9(6-11(7-10)15(17)18)8-19-13-3-1-12(16)2-4-13/h1-7,16H,8H2. The lowest BCUT2D eigenvalue weighted by atomic mass is 10.2. The molecular weight excluding hydrogens is 269 g/mol. The topological polar surface area (TPSA) is 63.4 Å². The van der Waals surface area contributed by atoms with Crippen molar-refractivity contribution in [2.75, 3.05) is 0 Å². The van der Waals surface area contributed by atoms with E-state index in [4.69, 9.17) is 5.11 Å². The van der Waals surface area contributed by atoms with Crippen LogP contribution in [0.5, 0.6) is 5.75 Å². The van der Waals surface area contributed by atoms with Crippen LogP contribution in [-0.4, -0.2) is 10.0 Å². The van der Waals surface area contributed by atoms with Gasteiger partial charge in [-0.3, -0.25) is 10.1 Å². The highest BCUT2D eigenvalue weighted by atomic mass is 32.2. The van der Waals surface area contributed by atoms with Crippen molar-refractivity contribution in [2.45, 2.75) is 10.6 Å². The molecule has 4 nitrogen and oxygen atoms in total. The largest absolute Gasteiger partial charge is 0.508 e. The van der Waals surface area contributed by atoms with Crippen LogP contribution in [0.15, 0.2) is 47.4 Å². The molecule has 0 aliphatic carbocycles. The summed E-state index contributed by atoms with van der Waals surface area (Å²) in [5, 5.41) is 19.8. The molecule has 0 aliphatic rings. The maximum Gasteiger partial charge on any atom is 0.272 e. The maximum absolute atomic E-state index is 13.2. The summed E-state index contributed by atoms with van der Waals surface area (Å²) in [6.45, 7) is 0. The van der Waals surface area contributed by atoms with Crippen molar-refractivity contribution in [1.29, 1.82) is 0 Å². The fourth-order valence-electron chi connectivity index (χ4n) is 1.53. The molecule has 0 radical (unpaired) electrons. The summed E-state index contributed by atoms with van der Waals surface area (Å²) < 4.78 is 13.2. The van der Waals surface area contributed by atoms with Gasteiger partial charge in [0, 0.05) is 16.7 Å². The fraction of sp³-hybridized carbons (Fsp3) is 0.0769. The van der Waals surface area contributed by atoms with E-state index in [0.717, 1.165) is 11.0 Å². The predicted octanol–water partition coefficient (Wildman–Crippen LogP) is 3.73. The Kier molecular flexibility index (Phi) is 4.01. The molecule has 0 saturated heterocycles. The van der Waals surface area contributed by atoms with Gasteiger partial charge in [-0.25, -0.2) is 4.39 Å². The summed E-state index contributed by atoms with van der Waals surface area (Å²) in [5.41, 5.74) is 0.297. The number of phenols is 1. The van der Waals surface area contributed by atoms with Gasteiger partial charge in [-0.15, -0.1) is 11.8 Å². The lowest BCUT2D eigenvalue weighted by Crippen LogP contribution is -1.92. The van der Waals surface area contributed by atoms with Crippen molar-refractivity contribution in [1.82, 2.24) is 0 Å². The highest BCUT2D eigenvalue weighted by Crippen LogP contribution is 2.26. The van der Waals surface area contributed by atoms with E-state index in [1.54, 1.807) is 24.3 Å². The lowest BCUT2D eigenvalue weighted by Gasteiger charge is -2.03. The zero-order valence-electron chi connectivity index (χ0n) is 9.75. The van der Waals surface area contributed by atoms with Crippen LogP contribution in [0.1, 0.15) is 5.56 Å². The number of nitro groups is 1. The molecule has 2 rings (SSSR count). The van der Waals surface area contributed by atoms with Crippen LogP contribution in [0.2, 0.25) is 0 Å². The van der Waals surface area contributed by atoms with Crippen molar-refractivity contribution in [2.24, 2.45) is 0 Å². The third kappa shape index (κ3) is 3.69. The molecule has 19 heavy (non-hydrogen) atoms. The molecule has 0 atom stereocenters. The first kappa shape index (κ1) is 13.4. The van der Waals surface area contributed by atoms with E-state index < -0.39 is 10.7 Å². The Morgan fingerprint density at radius 2 is 1.89 bits per heavy atom. The van der Waals surface area contributed by atoms with Crippen molar-refractivity contribution >= 4 is 17.4 Å². The van der Waals surface area contributed by atoms with E-state index in [2.05, 4.69) is 0 Å². The Morgan fingerprint density at radius 1 is 1.21 bits per heavy atom. The smallest absolute Gasteiger partial charge is 0.272 e. The van der Waals surface area contributed by atoms with Gasteiger partial charge in [0.15, 0.2) is 0 Å². The van der Waals surface area contributed by atoms with Crippen LogP contribution in [0, 0.1) is 15.9 Å². The minimum Gasteiger partial charge on any atom is -0.508 e. The number of thioether (sulfide) groups is 1. The number of nitro benzene ring substituents is 1. The highest BCUT2D eigenvalue weighted by Gasteiger charge is 2.09. The second kappa shape index (κ2) is 5.71. The van der Waals surface area contributed by atoms with Crippen molar-refractivity contribution in [3.05, 3.63) is 64.0 Å². The summed E-state index contributed by atoms with van der Waals surface area (Å²) in [7, 11) is 0. The molecule has 0 heterocycles. The Balaban J connectivity index is 2.11. The van der Waals surface area contributed by atoms with Gasteiger partial charge in [-0.05, 0) is 35.9 Å². The Morgan fingerprint density at radius 3 is 2.53 bits per heavy atom.